The van der Waals surface area contributed by atoms with Crippen molar-refractivity contribution >= 4 is 34.5 Å². The van der Waals surface area contributed by atoms with E-state index in [9.17, 15) is 4.79 Å². The van der Waals surface area contributed by atoms with Gasteiger partial charge >= 0.3 is 5.97 Å². The van der Waals surface area contributed by atoms with E-state index in [0.29, 0.717) is 29.5 Å². The van der Waals surface area contributed by atoms with E-state index in [0.717, 1.165) is 22.0 Å². The van der Waals surface area contributed by atoms with Crippen LogP contribution in [0, 0.1) is 0 Å². The van der Waals surface area contributed by atoms with E-state index in [2.05, 4.69) is 4.99 Å². The summed E-state index contributed by atoms with van der Waals surface area (Å²) in [6.07, 6.45) is 1.95. The zero-order valence-corrected chi connectivity index (χ0v) is 18.2. The molecule has 0 amide bonds. The van der Waals surface area contributed by atoms with Crippen molar-refractivity contribution in [1.82, 2.24) is 4.90 Å². The highest BCUT2D eigenvalue weighted by molar-refractivity contribution is 8.16. The minimum atomic E-state index is -0.347. The summed E-state index contributed by atoms with van der Waals surface area (Å²) >= 11 is 7.48. The zero-order valence-electron chi connectivity index (χ0n) is 16.7. The van der Waals surface area contributed by atoms with Crippen LogP contribution in [0.25, 0.3) is 0 Å². The van der Waals surface area contributed by atoms with Crippen LogP contribution >= 0.6 is 23.4 Å². The van der Waals surface area contributed by atoms with Gasteiger partial charge < -0.3 is 14.4 Å². The number of aliphatic imine (C=N–C) groups is 1. The quantitative estimate of drug-likeness (QED) is 0.540. The predicted octanol–water partition coefficient (Wildman–Crippen LogP) is 5.69. The highest BCUT2D eigenvalue weighted by atomic mass is 35.5. The molecule has 0 N–H and O–H groups in total. The number of halogens is 1. The van der Waals surface area contributed by atoms with Crippen molar-refractivity contribution < 1.29 is 14.3 Å². The van der Waals surface area contributed by atoms with Gasteiger partial charge in [0.1, 0.15) is 12.4 Å². The first kappa shape index (κ1) is 20.6. The van der Waals surface area contributed by atoms with Crippen molar-refractivity contribution in [3.05, 3.63) is 87.6 Å². The van der Waals surface area contributed by atoms with Crippen LogP contribution in [0.2, 0.25) is 5.02 Å². The average molecular weight is 441 g/mol. The molecular formula is C23H21ClN2O3S. The Bertz CT molecular complexity index is 1050. The molecule has 2 heterocycles. The number of ether oxygens (including phenoxy) is 2. The monoisotopic (exact) mass is 440 g/mol. The minimum absolute atomic E-state index is 0.313. The number of carbonyl (C=O) groups excluding carboxylic acids is 1. The Kier molecular flexibility index (Phi) is 6.16. The Morgan fingerprint density at radius 3 is 2.80 bits per heavy atom. The van der Waals surface area contributed by atoms with E-state index < -0.39 is 0 Å². The van der Waals surface area contributed by atoms with E-state index in [1.54, 1.807) is 6.92 Å². The molecular weight excluding hydrogens is 420 g/mol. The molecule has 154 valence electrons. The molecule has 7 heteroatoms. The first-order chi connectivity index (χ1) is 14.6. The van der Waals surface area contributed by atoms with Gasteiger partial charge in [-0.2, -0.15) is 0 Å². The van der Waals surface area contributed by atoms with Gasteiger partial charge in [0.05, 0.1) is 23.9 Å². The van der Waals surface area contributed by atoms with Crippen LogP contribution in [0.5, 0.6) is 5.75 Å². The van der Waals surface area contributed by atoms with Crippen molar-refractivity contribution in [2.45, 2.75) is 26.5 Å². The van der Waals surface area contributed by atoms with Gasteiger partial charge in [-0.1, -0.05) is 47.6 Å². The lowest BCUT2D eigenvalue weighted by atomic mass is 9.94. The number of hydrogen-bond donors (Lipinski definition) is 0. The van der Waals surface area contributed by atoms with Gasteiger partial charge in [0.15, 0.2) is 5.17 Å². The molecule has 0 aliphatic carbocycles. The summed E-state index contributed by atoms with van der Waals surface area (Å²) in [6, 6.07) is 15.0. The fourth-order valence-electron chi connectivity index (χ4n) is 3.42. The van der Waals surface area contributed by atoms with Crippen LogP contribution in [0.15, 0.2) is 76.4 Å². The number of esters is 1. The molecule has 0 aromatic heterocycles. The third-order valence-corrected chi connectivity index (χ3v) is 5.83. The molecule has 30 heavy (non-hydrogen) atoms. The second-order valence-corrected chi connectivity index (χ2v) is 8.12. The highest BCUT2D eigenvalue weighted by Gasteiger charge is 2.37. The molecule has 0 fully saturated rings. The zero-order chi connectivity index (χ0) is 21.1. The van der Waals surface area contributed by atoms with Crippen LogP contribution in [0.4, 0.5) is 0 Å². The van der Waals surface area contributed by atoms with Crippen molar-refractivity contribution in [3.63, 3.8) is 0 Å². The Labute approximate surface area is 185 Å². The molecule has 0 saturated carbocycles. The van der Waals surface area contributed by atoms with Gasteiger partial charge in [0.25, 0.3) is 0 Å². The number of carbonyl (C=O) groups is 1. The number of hydrogen-bond acceptors (Lipinski definition) is 6. The Hall–Kier alpha value is -2.70. The van der Waals surface area contributed by atoms with Gasteiger partial charge in [0, 0.05) is 11.2 Å². The SMILES string of the molecule is CCOC(=O)C1=C(C)N=C2SC=CN2[C@@H]1c1cccc(OCc2ccc(Cl)cc2)c1. The van der Waals surface area contributed by atoms with Crippen molar-refractivity contribution in [3.8, 4) is 5.75 Å². The molecule has 2 aliphatic rings. The molecule has 5 nitrogen and oxygen atoms in total. The fourth-order valence-corrected chi connectivity index (χ4v) is 4.34. The van der Waals surface area contributed by atoms with Gasteiger partial charge in [0.2, 0.25) is 0 Å². The second-order valence-electron chi connectivity index (χ2n) is 6.81. The first-order valence-corrected chi connectivity index (χ1v) is 10.9. The predicted molar refractivity (Wildman–Crippen MR) is 120 cm³/mol. The van der Waals surface area contributed by atoms with Crippen molar-refractivity contribution in [2.75, 3.05) is 6.61 Å². The summed E-state index contributed by atoms with van der Waals surface area (Å²) < 4.78 is 11.3. The molecule has 1 atom stereocenters. The summed E-state index contributed by atoms with van der Waals surface area (Å²) in [5.74, 6) is 0.379. The lowest BCUT2D eigenvalue weighted by Gasteiger charge is -2.33. The van der Waals surface area contributed by atoms with Crippen LogP contribution in [0.3, 0.4) is 0 Å². The average Bonchev–Trinajstić information content (AvgIpc) is 3.20. The normalized spacial score (nSPS) is 17.6. The van der Waals surface area contributed by atoms with Crippen molar-refractivity contribution in [1.29, 1.82) is 0 Å². The third kappa shape index (κ3) is 4.25. The topological polar surface area (TPSA) is 51.1 Å². The number of fused-ring (bicyclic) bond motifs is 1. The smallest absolute Gasteiger partial charge is 0.338 e. The molecule has 4 rings (SSSR count). The summed E-state index contributed by atoms with van der Waals surface area (Å²) in [4.78, 5) is 19.3. The standard InChI is InChI=1S/C23H21ClN2O3S/c1-3-28-22(27)20-15(2)25-23-26(11-12-30-23)21(20)17-5-4-6-19(13-17)29-14-16-7-9-18(24)10-8-16/h4-13,21H,3,14H2,1-2H3/t21-/m1/s1. The number of thioether (sulfide) groups is 1. The number of amidine groups is 1. The Balaban J connectivity index is 1.63. The van der Waals surface area contributed by atoms with E-state index >= 15 is 0 Å². The van der Waals surface area contributed by atoms with Gasteiger partial charge in [-0.15, -0.1) is 0 Å². The van der Waals surface area contributed by atoms with E-state index in [-0.39, 0.29) is 12.0 Å². The minimum Gasteiger partial charge on any atom is -0.489 e. The summed E-state index contributed by atoms with van der Waals surface area (Å²) in [7, 11) is 0. The van der Waals surface area contributed by atoms with Crippen molar-refractivity contribution in [2.24, 2.45) is 4.99 Å². The van der Waals surface area contributed by atoms with E-state index in [4.69, 9.17) is 21.1 Å². The maximum atomic E-state index is 12.8. The molecule has 2 aromatic carbocycles. The van der Waals surface area contributed by atoms with Crippen LogP contribution in [-0.4, -0.2) is 22.6 Å². The van der Waals surface area contributed by atoms with Crippen LogP contribution in [-0.2, 0) is 16.1 Å². The fraction of sp³-hybridized carbons (Fsp3) is 0.217. The maximum absolute atomic E-state index is 12.8. The van der Waals surface area contributed by atoms with Gasteiger partial charge in [-0.05, 0) is 54.6 Å². The maximum Gasteiger partial charge on any atom is 0.338 e. The number of allylic oxidation sites excluding steroid dienone is 1. The van der Waals surface area contributed by atoms with Crippen LogP contribution in [0.1, 0.15) is 31.0 Å². The van der Waals surface area contributed by atoms with E-state index in [1.165, 1.54) is 11.8 Å². The highest BCUT2D eigenvalue weighted by Crippen LogP contribution is 2.41. The summed E-state index contributed by atoms with van der Waals surface area (Å²) in [6.45, 7) is 4.39. The molecule has 0 bridgehead atoms. The largest absolute Gasteiger partial charge is 0.489 e. The molecule has 2 aliphatic heterocycles. The Morgan fingerprint density at radius 1 is 1.23 bits per heavy atom. The van der Waals surface area contributed by atoms with Gasteiger partial charge in [-0.3, -0.25) is 0 Å². The summed E-state index contributed by atoms with van der Waals surface area (Å²) in [5.41, 5.74) is 3.18. The lowest BCUT2D eigenvalue weighted by Crippen LogP contribution is -2.34. The molecule has 0 unspecified atom stereocenters. The summed E-state index contributed by atoms with van der Waals surface area (Å²) in [5, 5.41) is 3.51. The third-order valence-electron chi connectivity index (χ3n) is 4.81. The number of benzene rings is 2. The second kappa shape index (κ2) is 8.98. The van der Waals surface area contributed by atoms with Crippen LogP contribution < -0.4 is 4.74 Å². The number of nitrogens with zero attached hydrogens (tertiary/aromatic N) is 2. The van der Waals surface area contributed by atoms with E-state index in [1.807, 2.05) is 72.0 Å². The van der Waals surface area contributed by atoms with Gasteiger partial charge in [-0.25, -0.2) is 9.79 Å². The number of rotatable bonds is 6. The molecule has 0 radical (unpaired) electrons. The molecule has 2 aromatic rings. The Morgan fingerprint density at radius 2 is 2.03 bits per heavy atom. The molecule has 0 spiro atoms. The lowest BCUT2D eigenvalue weighted by molar-refractivity contribution is -0.139. The molecule has 0 saturated heterocycles. The first-order valence-electron chi connectivity index (χ1n) is 9.62.